The number of nitrogens with two attached hydrogens (primary N) is 2. The van der Waals surface area contributed by atoms with Crippen molar-refractivity contribution in [2.75, 3.05) is 37.9 Å². The first-order valence-electron chi connectivity index (χ1n) is 22.5. The van der Waals surface area contributed by atoms with Crippen molar-refractivity contribution in [1.29, 1.82) is 0 Å². The van der Waals surface area contributed by atoms with E-state index in [-0.39, 0.29) is 67.1 Å². The lowest BCUT2D eigenvalue weighted by molar-refractivity contribution is -0.746. The van der Waals surface area contributed by atoms with E-state index in [2.05, 4.69) is 33.8 Å². The fourth-order valence-corrected chi connectivity index (χ4v) is 10.8. The number of hydrogen-bond donors (Lipinski definition) is 8. The Balaban J connectivity index is 0.000000201. The zero-order valence-corrected chi connectivity index (χ0v) is 43.9. The van der Waals surface area contributed by atoms with Gasteiger partial charge in [0.25, 0.3) is 11.9 Å². The Morgan fingerprint density at radius 3 is 1.54 bits per heavy atom. The number of aliphatic hydroxyl groups excluding tert-OH is 2. The maximum atomic E-state index is 12.7. The van der Waals surface area contributed by atoms with E-state index in [0.717, 1.165) is 4.34 Å². The molecule has 0 amide bonds. The summed E-state index contributed by atoms with van der Waals surface area (Å²) in [6.45, 7) is 3.12. The van der Waals surface area contributed by atoms with Crippen LogP contribution in [-0.2, 0) is 49.6 Å². The predicted molar refractivity (Wildman–Crippen MR) is 258 cm³/mol. The molecule has 76 heavy (non-hydrogen) atoms. The topological polar surface area (TPSA) is 422 Å². The molecule has 10 atom stereocenters. The van der Waals surface area contributed by atoms with Gasteiger partial charge >= 0.3 is 34.7 Å². The third-order valence-electron chi connectivity index (χ3n) is 11.9. The van der Waals surface area contributed by atoms with Crippen molar-refractivity contribution in [2.45, 2.75) is 63.8 Å². The van der Waals surface area contributed by atoms with E-state index in [1.807, 2.05) is 0 Å². The lowest BCUT2D eigenvalue weighted by Crippen LogP contribution is -2.45. The summed E-state index contributed by atoms with van der Waals surface area (Å²) < 4.78 is 79.1. The minimum absolute atomic E-state index is 0.0597. The van der Waals surface area contributed by atoms with Crippen molar-refractivity contribution in [3.05, 3.63) is 90.0 Å². The SMILES string of the molecule is C[C@H]1[C@@H](O)[C@H]([n+]2cn(CCOc3ccc(Cl)cc3)c3c([O-])nc(N)nc32)O[C@@H]1COP(=O)(O)OP(=O)(O)O.C[C@H]1[C@@H](O)[C@H]([n+]2cn(CCOc3ccc(Cl)cc3)c3c([O-])nc(N)nc32)O[C@@H]1COP(=O)(O)n1ccnc1. The fraction of sp³-hybridized carbons (Fsp3) is 0.390. The van der Waals surface area contributed by atoms with Gasteiger partial charge in [-0.25, -0.2) is 42.1 Å². The molecule has 5 aromatic heterocycles. The molecule has 2 fully saturated rings. The van der Waals surface area contributed by atoms with Crippen LogP contribution in [0.4, 0.5) is 11.9 Å². The number of anilines is 2. The van der Waals surface area contributed by atoms with E-state index < -0.39 is 90.5 Å². The highest BCUT2D eigenvalue weighted by Gasteiger charge is 2.48. The molecule has 7 aromatic rings. The van der Waals surface area contributed by atoms with E-state index >= 15 is 0 Å². The van der Waals surface area contributed by atoms with Crippen LogP contribution in [0, 0.1) is 11.8 Å². The van der Waals surface area contributed by atoms with Gasteiger partial charge in [0.1, 0.15) is 56.3 Å². The van der Waals surface area contributed by atoms with Gasteiger partial charge in [-0.05, 0) is 48.5 Å². The highest BCUT2D eigenvalue weighted by Crippen LogP contribution is 2.58. The highest BCUT2D eigenvalue weighted by atomic mass is 35.5. The van der Waals surface area contributed by atoms with E-state index in [1.54, 1.807) is 73.3 Å². The lowest BCUT2D eigenvalue weighted by atomic mass is 10.0. The van der Waals surface area contributed by atoms with Crippen molar-refractivity contribution >= 4 is 80.8 Å². The minimum atomic E-state index is -5.31. The summed E-state index contributed by atoms with van der Waals surface area (Å²) in [4.78, 5) is 56.7. The van der Waals surface area contributed by atoms with Gasteiger partial charge in [0.15, 0.2) is 23.7 Å². The van der Waals surface area contributed by atoms with Crippen molar-refractivity contribution in [3.8, 4) is 23.3 Å². The van der Waals surface area contributed by atoms with E-state index in [1.165, 1.54) is 38.7 Å². The van der Waals surface area contributed by atoms with Crippen LogP contribution in [-0.4, -0.2) is 119 Å². The average molecular weight is 1160 g/mol. The molecule has 35 heteroatoms. The highest BCUT2D eigenvalue weighted by molar-refractivity contribution is 7.60. The third kappa shape index (κ3) is 13.2. The number of halogens is 2. The van der Waals surface area contributed by atoms with Crippen LogP contribution in [0.3, 0.4) is 0 Å². The van der Waals surface area contributed by atoms with E-state index in [9.17, 15) is 43.9 Å². The van der Waals surface area contributed by atoms with Crippen molar-refractivity contribution in [2.24, 2.45) is 11.8 Å². The van der Waals surface area contributed by atoms with E-state index in [0.29, 0.717) is 21.5 Å². The number of phosphoric acid groups is 2. The molecule has 7 heterocycles. The lowest BCUT2D eigenvalue weighted by Gasteiger charge is -2.18. The maximum Gasteiger partial charge on any atom is 0.481 e. The van der Waals surface area contributed by atoms with Gasteiger partial charge in [-0.15, -0.1) is 0 Å². The van der Waals surface area contributed by atoms with Crippen molar-refractivity contribution in [3.63, 3.8) is 0 Å². The molecule has 30 nitrogen and oxygen atoms in total. The summed E-state index contributed by atoms with van der Waals surface area (Å²) in [6.07, 6.45) is 0.693. The molecule has 0 aliphatic carbocycles. The number of rotatable bonds is 19. The molecule has 2 aliphatic heterocycles. The average Bonchev–Trinajstić information content (AvgIpc) is 4.19. The smallest absolute Gasteiger partial charge is 0.481 e. The zero-order valence-electron chi connectivity index (χ0n) is 39.7. The number of ether oxygens (including phenoxy) is 4. The minimum Gasteiger partial charge on any atom is -0.856 e. The Bertz CT molecular complexity index is 3300. The summed E-state index contributed by atoms with van der Waals surface area (Å²) in [6, 6.07) is 13.5. The van der Waals surface area contributed by atoms with Gasteiger partial charge in [0.05, 0.1) is 25.4 Å². The molecule has 2 aliphatic rings. The van der Waals surface area contributed by atoms with Gasteiger partial charge in [0, 0.05) is 46.0 Å². The Morgan fingerprint density at radius 2 is 1.13 bits per heavy atom. The van der Waals surface area contributed by atoms with Crippen LogP contribution in [0.5, 0.6) is 23.3 Å². The van der Waals surface area contributed by atoms with Gasteiger partial charge in [0.2, 0.25) is 12.5 Å². The van der Waals surface area contributed by atoms with Gasteiger partial charge in [-0.2, -0.15) is 4.31 Å². The first-order valence-corrected chi connectivity index (χ1v) is 27.8. The Kier molecular flexibility index (Phi) is 17.2. The number of fused-ring (bicyclic) bond motifs is 2. The van der Waals surface area contributed by atoms with Crippen LogP contribution < -0.4 is 40.3 Å². The summed E-state index contributed by atoms with van der Waals surface area (Å²) in [5.41, 5.74) is 11.9. The number of nitrogen functional groups attached to an aromatic ring is 2. The summed E-state index contributed by atoms with van der Waals surface area (Å²) in [5.74, 6) is -1.83. The van der Waals surface area contributed by atoms with Crippen molar-refractivity contribution < 1.29 is 95.1 Å². The second-order valence-corrected chi connectivity index (χ2v) is 22.5. The quantitative estimate of drug-likeness (QED) is 0.0415. The molecule has 2 aromatic carbocycles. The molecular formula is C41H49Cl2N12O18P3. The second-order valence-electron chi connectivity index (χ2n) is 17.1. The monoisotopic (exact) mass is 1160 g/mol. The van der Waals surface area contributed by atoms with Gasteiger partial charge in [-0.3, -0.25) is 18.2 Å². The van der Waals surface area contributed by atoms with Gasteiger partial charge < -0.3 is 70.4 Å². The van der Waals surface area contributed by atoms with Crippen molar-refractivity contribution in [1.82, 2.24) is 38.4 Å². The summed E-state index contributed by atoms with van der Waals surface area (Å²) in [5, 5.41) is 48.4. The standard InChI is InChI=1S/C22H25ClN7O7P.C19H24ClN5O11P2/c1-13-16(10-36-38(33,34)29-7-6-25-11-29)37-21(18(13)31)30-12-28(17-19(30)26-22(24)27-20(17)32)8-9-35-15-4-2-14(23)3-5-15;1-10-13(8-34-38(31,32)36-37(28,29)30)35-18(15(10)26)25-9-24(14-16(25)22-19(21)23-17(14)27)6-7-33-12-4-2-11(20)3-5-12/h2-7,11-13,16,18,21,31H,8-10H2,1H3,(H3-,24,26,27,32,33,34);2-5,9-10,13,15,18,26H,6-8H2,1H3,(H5-,21,22,23,27,28,29,30,31,32)/t13-,16-,18-,21-;10-,13-,15-,18-/m11/s1. The zero-order chi connectivity index (χ0) is 54.9. The number of imidazole rings is 3. The number of nitrogens with zero attached hydrogens (tertiary/aromatic N) is 10. The number of phosphoric ester groups is 1. The fourth-order valence-electron chi connectivity index (χ4n) is 8.10. The van der Waals surface area contributed by atoms with Crippen LogP contribution in [0.25, 0.3) is 22.3 Å². The van der Waals surface area contributed by atoms with Crippen LogP contribution in [0.1, 0.15) is 26.3 Å². The third-order valence-corrected chi connectivity index (χ3v) is 15.9. The maximum absolute atomic E-state index is 12.7. The number of aliphatic hydroxyl groups is 2. The Labute approximate surface area is 439 Å². The number of hydrogen-bond acceptors (Lipinski definition) is 21. The summed E-state index contributed by atoms with van der Waals surface area (Å²) in [7, 11) is -14.6. The van der Waals surface area contributed by atoms with E-state index in [4.69, 9.17) is 67.9 Å². The first kappa shape index (κ1) is 56.6. The first-order chi connectivity index (χ1) is 35.9. The molecule has 2 saturated heterocycles. The van der Waals surface area contributed by atoms with Gasteiger partial charge in [-0.1, -0.05) is 47.0 Å². The van der Waals surface area contributed by atoms with Crippen LogP contribution >= 0.6 is 46.6 Å². The molecular weight excluding hydrogens is 1110 g/mol. The number of benzene rings is 2. The largest absolute Gasteiger partial charge is 0.856 e. The second kappa shape index (κ2) is 23.1. The van der Waals surface area contributed by atoms with Crippen LogP contribution in [0.2, 0.25) is 10.0 Å². The molecule has 0 bridgehead atoms. The molecule has 410 valence electrons. The molecule has 0 spiro atoms. The molecule has 9 rings (SSSR count). The Hall–Kier alpha value is -5.62. The number of aromatic nitrogens is 10. The van der Waals surface area contributed by atoms with Crippen LogP contribution in [0.15, 0.2) is 79.9 Å². The molecule has 0 saturated carbocycles. The normalized spacial score (nSPS) is 23.3. The molecule has 0 radical (unpaired) electrons. The molecule has 2 unspecified atom stereocenters. The predicted octanol–water partition coefficient (Wildman–Crippen LogP) is 1.09. The Morgan fingerprint density at radius 1 is 0.697 bits per heavy atom. The molecule has 10 N–H and O–H groups in total. The summed E-state index contributed by atoms with van der Waals surface area (Å²) >= 11 is 11.8.